The molecule has 4 fully saturated rings. The Morgan fingerprint density at radius 1 is 0.879 bits per heavy atom. The molecule has 3 aromatic rings. The van der Waals surface area contributed by atoms with E-state index in [9.17, 15) is 14.4 Å². The van der Waals surface area contributed by atoms with Crippen LogP contribution in [0, 0.1) is 17.8 Å². The molecule has 0 aliphatic heterocycles. The van der Waals surface area contributed by atoms with E-state index in [0.717, 1.165) is 37.0 Å². The van der Waals surface area contributed by atoms with Gasteiger partial charge in [0.1, 0.15) is 6.54 Å². The van der Waals surface area contributed by atoms with Crippen molar-refractivity contribution in [2.24, 2.45) is 17.8 Å². The number of benzene rings is 2. The summed E-state index contributed by atoms with van der Waals surface area (Å²) in [6.07, 6.45) is 7.12. The summed E-state index contributed by atoms with van der Waals surface area (Å²) in [5.41, 5.74) is 1.21. The van der Waals surface area contributed by atoms with Crippen molar-refractivity contribution in [1.29, 1.82) is 0 Å². The summed E-state index contributed by atoms with van der Waals surface area (Å²) < 4.78 is 7.20. The van der Waals surface area contributed by atoms with Crippen LogP contribution in [0.3, 0.4) is 0 Å². The minimum Gasteiger partial charge on any atom is -0.454 e. The van der Waals surface area contributed by atoms with Crippen molar-refractivity contribution in [2.45, 2.75) is 50.6 Å². The maximum Gasteiger partial charge on any atom is 0.326 e. The van der Waals surface area contributed by atoms with Crippen LogP contribution in [0.1, 0.15) is 38.5 Å². The van der Waals surface area contributed by atoms with E-state index in [4.69, 9.17) is 4.74 Å². The van der Waals surface area contributed by atoms with E-state index in [1.165, 1.54) is 19.3 Å². The minimum absolute atomic E-state index is 0.0548. The standard InChI is InChI=1S/C27H28N2O4/c30-24(28-27-12-17-9-18(13-27)11-19(10-17)14-27)16-33-25(31)15-29-22-7-3-1-5-20(22)26(32)21-6-2-4-8-23(21)29/h1-8,17-19H,9-16H2,(H,28,30). The number of hydrogen-bond acceptors (Lipinski definition) is 4. The first kappa shape index (κ1) is 20.5. The Morgan fingerprint density at radius 3 is 1.94 bits per heavy atom. The molecular weight excluding hydrogens is 416 g/mol. The van der Waals surface area contributed by atoms with E-state index in [-0.39, 0.29) is 30.0 Å². The summed E-state index contributed by atoms with van der Waals surface area (Å²) in [6, 6.07) is 14.5. The Bertz CT molecular complexity index is 1230. The third-order valence-electron chi connectivity index (χ3n) is 7.97. The average molecular weight is 445 g/mol. The highest BCUT2D eigenvalue weighted by molar-refractivity contribution is 5.94. The van der Waals surface area contributed by atoms with Crippen molar-refractivity contribution in [2.75, 3.05) is 6.61 Å². The second-order valence-electron chi connectivity index (χ2n) is 10.4. The molecule has 0 unspecified atom stereocenters. The van der Waals surface area contributed by atoms with E-state index >= 15 is 0 Å². The maximum atomic E-state index is 12.9. The molecule has 6 heteroatoms. The molecule has 7 rings (SSSR count). The molecule has 1 aromatic heterocycles. The van der Waals surface area contributed by atoms with Gasteiger partial charge in [-0.3, -0.25) is 14.4 Å². The van der Waals surface area contributed by atoms with Gasteiger partial charge in [0, 0.05) is 16.3 Å². The lowest BCUT2D eigenvalue weighted by atomic mass is 9.53. The molecule has 1 N–H and O–H groups in total. The van der Waals surface area contributed by atoms with Crippen LogP contribution in [0.25, 0.3) is 21.8 Å². The van der Waals surface area contributed by atoms with Gasteiger partial charge in [-0.05, 0) is 80.5 Å². The van der Waals surface area contributed by atoms with Gasteiger partial charge in [-0.25, -0.2) is 0 Å². The molecule has 1 amide bonds. The van der Waals surface area contributed by atoms with Gasteiger partial charge in [0.2, 0.25) is 0 Å². The zero-order chi connectivity index (χ0) is 22.6. The fourth-order valence-corrected chi connectivity index (χ4v) is 7.16. The number of nitrogens with zero attached hydrogens (tertiary/aromatic N) is 1. The Balaban J connectivity index is 1.17. The highest BCUT2D eigenvalue weighted by Gasteiger charge is 2.51. The summed E-state index contributed by atoms with van der Waals surface area (Å²) in [6.45, 7) is -0.331. The fourth-order valence-electron chi connectivity index (χ4n) is 7.16. The lowest BCUT2D eigenvalue weighted by Gasteiger charge is -2.56. The number of ether oxygens (including phenoxy) is 1. The van der Waals surface area contributed by atoms with Gasteiger partial charge < -0.3 is 14.6 Å². The van der Waals surface area contributed by atoms with Crippen molar-refractivity contribution in [3.8, 4) is 0 Å². The molecule has 0 saturated heterocycles. The van der Waals surface area contributed by atoms with Gasteiger partial charge >= 0.3 is 5.97 Å². The first-order chi connectivity index (χ1) is 16.0. The first-order valence-corrected chi connectivity index (χ1v) is 12.0. The molecule has 0 radical (unpaired) electrons. The number of carbonyl (C=O) groups is 2. The monoisotopic (exact) mass is 444 g/mol. The number of amides is 1. The smallest absolute Gasteiger partial charge is 0.326 e. The summed E-state index contributed by atoms with van der Waals surface area (Å²) in [5, 5.41) is 4.36. The number of carbonyl (C=O) groups excluding carboxylic acids is 2. The van der Waals surface area contributed by atoms with Gasteiger partial charge in [-0.15, -0.1) is 0 Å². The van der Waals surface area contributed by atoms with Crippen molar-refractivity contribution in [3.63, 3.8) is 0 Å². The number of para-hydroxylation sites is 2. The van der Waals surface area contributed by atoms with E-state index in [0.29, 0.717) is 21.8 Å². The molecular formula is C27H28N2O4. The van der Waals surface area contributed by atoms with Crippen molar-refractivity contribution < 1.29 is 14.3 Å². The number of aromatic nitrogens is 1. The zero-order valence-corrected chi connectivity index (χ0v) is 18.6. The number of rotatable bonds is 5. The summed E-state index contributed by atoms with van der Waals surface area (Å²) in [7, 11) is 0. The lowest BCUT2D eigenvalue weighted by molar-refractivity contribution is -0.150. The van der Waals surface area contributed by atoms with Gasteiger partial charge in [0.05, 0.1) is 11.0 Å². The first-order valence-electron chi connectivity index (χ1n) is 12.0. The Hall–Kier alpha value is -3.15. The molecule has 4 bridgehead atoms. The normalized spacial score (nSPS) is 27.7. The molecule has 2 aromatic carbocycles. The molecule has 33 heavy (non-hydrogen) atoms. The topological polar surface area (TPSA) is 77.4 Å². The van der Waals surface area contributed by atoms with Crippen LogP contribution in [0.5, 0.6) is 0 Å². The number of nitrogens with one attached hydrogen (secondary N) is 1. The predicted octanol–water partition coefficient (Wildman–Crippen LogP) is 3.78. The zero-order valence-electron chi connectivity index (χ0n) is 18.6. The quantitative estimate of drug-likeness (QED) is 0.480. The van der Waals surface area contributed by atoms with Gasteiger partial charge in [0.15, 0.2) is 12.0 Å². The molecule has 0 atom stereocenters. The molecule has 6 nitrogen and oxygen atoms in total. The van der Waals surface area contributed by atoms with Gasteiger partial charge in [-0.1, -0.05) is 24.3 Å². The average Bonchev–Trinajstić information content (AvgIpc) is 2.79. The van der Waals surface area contributed by atoms with Crippen molar-refractivity contribution in [3.05, 3.63) is 58.8 Å². The van der Waals surface area contributed by atoms with Gasteiger partial charge in [-0.2, -0.15) is 0 Å². The summed E-state index contributed by atoms with van der Waals surface area (Å²) >= 11 is 0. The molecule has 4 aliphatic carbocycles. The summed E-state index contributed by atoms with van der Waals surface area (Å²) in [4.78, 5) is 38.3. The van der Waals surface area contributed by atoms with Crippen molar-refractivity contribution in [1.82, 2.24) is 9.88 Å². The second-order valence-corrected chi connectivity index (χ2v) is 10.4. The predicted molar refractivity (Wildman–Crippen MR) is 126 cm³/mol. The SMILES string of the molecule is O=C(COC(=O)Cn1c2ccccc2c(=O)c2ccccc21)NC12CC3CC(CC(C3)C1)C2. The fraction of sp³-hybridized carbons (Fsp3) is 0.444. The Kier molecular flexibility index (Phi) is 4.78. The number of fused-ring (bicyclic) bond motifs is 2. The summed E-state index contributed by atoms with van der Waals surface area (Å²) in [5.74, 6) is 1.51. The number of esters is 1. The maximum absolute atomic E-state index is 12.9. The van der Waals surface area contributed by atoms with Crippen LogP contribution in [0.2, 0.25) is 0 Å². The largest absolute Gasteiger partial charge is 0.454 e. The third kappa shape index (κ3) is 3.62. The highest BCUT2D eigenvalue weighted by atomic mass is 16.5. The Morgan fingerprint density at radius 2 is 1.39 bits per heavy atom. The molecule has 170 valence electrons. The van der Waals surface area contributed by atoms with Crippen LogP contribution in [0.4, 0.5) is 0 Å². The van der Waals surface area contributed by atoms with Crippen LogP contribution in [-0.4, -0.2) is 28.6 Å². The number of hydrogen-bond donors (Lipinski definition) is 1. The van der Waals surface area contributed by atoms with Crippen LogP contribution in [-0.2, 0) is 20.9 Å². The Labute approximate surface area is 191 Å². The van der Waals surface area contributed by atoms with Crippen molar-refractivity contribution >= 4 is 33.7 Å². The van der Waals surface area contributed by atoms with E-state index in [1.807, 2.05) is 36.4 Å². The van der Waals surface area contributed by atoms with Crippen LogP contribution in [0.15, 0.2) is 53.3 Å². The molecule has 0 spiro atoms. The van der Waals surface area contributed by atoms with Gasteiger partial charge in [0.25, 0.3) is 5.91 Å². The highest BCUT2D eigenvalue weighted by Crippen LogP contribution is 2.55. The van der Waals surface area contributed by atoms with E-state index in [1.54, 1.807) is 16.7 Å². The minimum atomic E-state index is -0.491. The third-order valence-corrected chi connectivity index (χ3v) is 7.97. The lowest BCUT2D eigenvalue weighted by Crippen LogP contribution is -2.60. The van der Waals surface area contributed by atoms with Crippen LogP contribution >= 0.6 is 0 Å². The molecule has 4 saturated carbocycles. The molecule has 1 heterocycles. The van der Waals surface area contributed by atoms with E-state index in [2.05, 4.69) is 5.32 Å². The van der Waals surface area contributed by atoms with E-state index < -0.39 is 5.97 Å². The molecule has 4 aliphatic rings. The van der Waals surface area contributed by atoms with Crippen LogP contribution < -0.4 is 10.7 Å². The number of pyridine rings is 1. The second kappa shape index (κ2) is 7.72.